The quantitative estimate of drug-likeness (QED) is 0.535. The Morgan fingerprint density at radius 1 is 0.852 bits per heavy atom. The van der Waals surface area contributed by atoms with Gasteiger partial charge >= 0.3 is 0 Å². The van der Waals surface area contributed by atoms with E-state index in [1.165, 1.54) is 5.39 Å². The molecule has 3 nitrogen and oxygen atoms in total. The first-order valence-corrected chi connectivity index (χ1v) is 9.02. The molecule has 3 heteroatoms. The average molecular weight is 352 g/mol. The predicted octanol–water partition coefficient (Wildman–Crippen LogP) is 5.39. The normalized spacial score (nSPS) is 11.9. The standard InChI is InChI=1S/C24H20N2O/c1-17(21-13-7-11-19-10-5-6-12-22(19)21)26-24(27)23-16-20(14-15-25-23)18-8-3-2-4-9-18/h2-17H,1H3,(H,26,27)/t17-/m1/s1. The summed E-state index contributed by atoms with van der Waals surface area (Å²) in [5.41, 5.74) is 3.56. The van der Waals surface area contributed by atoms with Gasteiger partial charge in [0.2, 0.25) is 0 Å². The summed E-state index contributed by atoms with van der Waals surface area (Å²) in [6.45, 7) is 2.00. The van der Waals surface area contributed by atoms with E-state index in [0.717, 1.165) is 22.1 Å². The fourth-order valence-corrected chi connectivity index (χ4v) is 3.34. The third-order valence-corrected chi connectivity index (χ3v) is 4.74. The van der Waals surface area contributed by atoms with E-state index in [9.17, 15) is 4.79 Å². The number of hydrogen-bond donors (Lipinski definition) is 1. The van der Waals surface area contributed by atoms with Crippen LogP contribution in [-0.2, 0) is 0 Å². The molecule has 0 radical (unpaired) electrons. The van der Waals surface area contributed by atoms with Crippen LogP contribution < -0.4 is 5.32 Å². The summed E-state index contributed by atoms with van der Waals surface area (Å²) in [6.07, 6.45) is 1.68. The van der Waals surface area contributed by atoms with Crippen molar-refractivity contribution in [2.75, 3.05) is 0 Å². The molecule has 27 heavy (non-hydrogen) atoms. The second-order valence-corrected chi connectivity index (χ2v) is 6.56. The molecule has 0 unspecified atom stereocenters. The van der Waals surface area contributed by atoms with E-state index in [2.05, 4.69) is 34.6 Å². The number of benzene rings is 3. The van der Waals surface area contributed by atoms with Gasteiger partial charge < -0.3 is 5.32 Å². The van der Waals surface area contributed by atoms with Crippen LogP contribution in [0.15, 0.2) is 91.1 Å². The summed E-state index contributed by atoms with van der Waals surface area (Å²) < 4.78 is 0. The van der Waals surface area contributed by atoms with Crippen molar-refractivity contribution in [2.45, 2.75) is 13.0 Å². The van der Waals surface area contributed by atoms with Gasteiger partial charge in [0.05, 0.1) is 6.04 Å². The number of nitrogens with zero attached hydrogens (tertiary/aromatic N) is 1. The zero-order valence-corrected chi connectivity index (χ0v) is 15.1. The topological polar surface area (TPSA) is 42.0 Å². The number of nitrogens with one attached hydrogen (secondary N) is 1. The number of carbonyl (C=O) groups excluding carboxylic acids is 1. The first kappa shape index (κ1) is 17.0. The molecule has 0 aliphatic heterocycles. The first-order chi connectivity index (χ1) is 13.2. The Morgan fingerprint density at radius 3 is 2.44 bits per heavy atom. The van der Waals surface area contributed by atoms with Crippen LogP contribution in [0.3, 0.4) is 0 Å². The largest absolute Gasteiger partial charge is 0.344 e. The molecule has 0 spiro atoms. The molecule has 0 saturated carbocycles. The number of carbonyl (C=O) groups is 1. The van der Waals surface area contributed by atoms with Crippen molar-refractivity contribution in [3.63, 3.8) is 0 Å². The van der Waals surface area contributed by atoms with Crippen LogP contribution in [0.5, 0.6) is 0 Å². The third kappa shape index (κ3) is 3.58. The molecule has 1 atom stereocenters. The van der Waals surface area contributed by atoms with E-state index < -0.39 is 0 Å². The summed E-state index contributed by atoms with van der Waals surface area (Å²) in [5, 5.41) is 5.40. The van der Waals surface area contributed by atoms with Crippen molar-refractivity contribution in [3.8, 4) is 11.1 Å². The summed E-state index contributed by atoms with van der Waals surface area (Å²) >= 11 is 0. The molecule has 1 N–H and O–H groups in total. The Labute approximate surface area is 158 Å². The van der Waals surface area contributed by atoms with Crippen molar-refractivity contribution in [2.24, 2.45) is 0 Å². The second kappa shape index (κ2) is 7.42. The van der Waals surface area contributed by atoms with E-state index in [1.807, 2.05) is 67.6 Å². The summed E-state index contributed by atoms with van der Waals surface area (Å²) in [4.78, 5) is 17.0. The number of rotatable bonds is 4. The summed E-state index contributed by atoms with van der Waals surface area (Å²) in [5.74, 6) is -0.173. The van der Waals surface area contributed by atoms with Gasteiger partial charge in [0, 0.05) is 6.20 Å². The molecule has 0 saturated heterocycles. The van der Waals surface area contributed by atoms with Gasteiger partial charge in [0.1, 0.15) is 5.69 Å². The molecule has 0 aliphatic carbocycles. The number of amides is 1. The monoisotopic (exact) mass is 352 g/mol. The maximum atomic E-state index is 12.8. The molecule has 4 rings (SSSR count). The number of fused-ring (bicyclic) bond motifs is 1. The Morgan fingerprint density at radius 2 is 1.59 bits per heavy atom. The van der Waals surface area contributed by atoms with Gasteiger partial charge in [-0.2, -0.15) is 0 Å². The molecule has 1 heterocycles. The summed E-state index contributed by atoms with van der Waals surface area (Å²) in [6, 6.07) is 28.0. The number of hydrogen-bond acceptors (Lipinski definition) is 2. The molecule has 1 aromatic heterocycles. The van der Waals surface area contributed by atoms with Crippen LogP contribution in [0, 0.1) is 0 Å². The molecule has 0 aliphatic rings. The Kier molecular flexibility index (Phi) is 4.67. The van der Waals surface area contributed by atoms with E-state index in [1.54, 1.807) is 6.20 Å². The van der Waals surface area contributed by atoms with Crippen molar-refractivity contribution in [3.05, 3.63) is 102 Å². The fraction of sp³-hybridized carbons (Fsp3) is 0.0833. The molecule has 132 valence electrons. The van der Waals surface area contributed by atoms with Gasteiger partial charge in [-0.15, -0.1) is 0 Å². The number of aromatic nitrogens is 1. The Balaban J connectivity index is 1.59. The van der Waals surface area contributed by atoms with Crippen LogP contribution in [0.4, 0.5) is 0 Å². The highest BCUT2D eigenvalue weighted by molar-refractivity contribution is 5.94. The SMILES string of the molecule is C[C@@H](NC(=O)c1cc(-c2ccccc2)ccn1)c1cccc2ccccc12. The van der Waals surface area contributed by atoms with E-state index in [4.69, 9.17) is 0 Å². The van der Waals surface area contributed by atoms with Crippen molar-refractivity contribution in [1.82, 2.24) is 10.3 Å². The van der Waals surface area contributed by atoms with Gasteiger partial charge in [0.15, 0.2) is 0 Å². The maximum Gasteiger partial charge on any atom is 0.270 e. The Bertz CT molecular complexity index is 1080. The number of pyridine rings is 1. The molecular weight excluding hydrogens is 332 g/mol. The predicted molar refractivity (Wildman–Crippen MR) is 110 cm³/mol. The zero-order chi connectivity index (χ0) is 18.6. The highest BCUT2D eigenvalue weighted by Crippen LogP contribution is 2.24. The third-order valence-electron chi connectivity index (χ3n) is 4.74. The molecule has 1 amide bonds. The lowest BCUT2D eigenvalue weighted by molar-refractivity contribution is 0.0935. The molecule has 0 bridgehead atoms. The summed E-state index contributed by atoms with van der Waals surface area (Å²) in [7, 11) is 0. The average Bonchev–Trinajstić information content (AvgIpc) is 2.74. The minimum atomic E-state index is -0.173. The first-order valence-electron chi connectivity index (χ1n) is 9.02. The second-order valence-electron chi connectivity index (χ2n) is 6.56. The maximum absolute atomic E-state index is 12.8. The van der Waals surface area contributed by atoms with E-state index in [-0.39, 0.29) is 11.9 Å². The molecule has 4 aromatic rings. The molecule has 3 aromatic carbocycles. The lowest BCUT2D eigenvalue weighted by atomic mass is 9.99. The fourth-order valence-electron chi connectivity index (χ4n) is 3.34. The highest BCUT2D eigenvalue weighted by atomic mass is 16.1. The van der Waals surface area contributed by atoms with Crippen LogP contribution in [0.2, 0.25) is 0 Å². The van der Waals surface area contributed by atoms with Gasteiger partial charge in [-0.3, -0.25) is 9.78 Å². The van der Waals surface area contributed by atoms with E-state index in [0.29, 0.717) is 5.69 Å². The van der Waals surface area contributed by atoms with Gasteiger partial charge in [-0.05, 0) is 46.5 Å². The van der Waals surface area contributed by atoms with Crippen molar-refractivity contribution >= 4 is 16.7 Å². The highest BCUT2D eigenvalue weighted by Gasteiger charge is 2.15. The van der Waals surface area contributed by atoms with Crippen molar-refractivity contribution in [1.29, 1.82) is 0 Å². The van der Waals surface area contributed by atoms with Crippen LogP contribution in [0.25, 0.3) is 21.9 Å². The van der Waals surface area contributed by atoms with Crippen LogP contribution in [0.1, 0.15) is 29.0 Å². The van der Waals surface area contributed by atoms with Crippen molar-refractivity contribution < 1.29 is 4.79 Å². The molecular formula is C24H20N2O. The zero-order valence-electron chi connectivity index (χ0n) is 15.1. The minimum absolute atomic E-state index is 0.120. The Hall–Kier alpha value is -3.46. The van der Waals surface area contributed by atoms with Gasteiger partial charge in [-0.25, -0.2) is 0 Å². The van der Waals surface area contributed by atoms with Crippen LogP contribution >= 0.6 is 0 Å². The van der Waals surface area contributed by atoms with Crippen LogP contribution in [-0.4, -0.2) is 10.9 Å². The van der Waals surface area contributed by atoms with Gasteiger partial charge in [-0.1, -0.05) is 72.8 Å². The lowest BCUT2D eigenvalue weighted by Gasteiger charge is -2.16. The van der Waals surface area contributed by atoms with E-state index >= 15 is 0 Å². The smallest absolute Gasteiger partial charge is 0.270 e. The van der Waals surface area contributed by atoms with Gasteiger partial charge in [0.25, 0.3) is 5.91 Å². The minimum Gasteiger partial charge on any atom is -0.344 e. The lowest BCUT2D eigenvalue weighted by Crippen LogP contribution is -2.27. The molecule has 0 fully saturated rings.